The highest BCUT2D eigenvalue weighted by molar-refractivity contribution is 7.92. The standard InChI is InChI=1S/C28H41N3O5S/c1-6-26(28(33)29-22(3)4)30(21-19-23-12-9-8-10-13-23)27(32)14-11-20-31(37(5,34)35)24-15-17-25(18-16-24)36-7-2/h8-10,12-13,15-18,22,26H,6-7,11,14,19-21H2,1-5H3,(H,29,33)/t26-/m0/s1. The van der Waals surface area contributed by atoms with Crippen LogP contribution >= 0.6 is 0 Å². The van der Waals surface area contributed by atoms with Crippen molar-refractivity contribution in [2.45, 2.75) is 65.5 Å². The van der Waals surface area contributed by atoms with Crippen LogP contribution in [0.1, 0.15) is 52.5 Å². The number of anilines is 1. The molecule has 0 fully saturated rings. The van der Waals surface area contributed by atoms with Crippen LogP contribution in [-0.4, -0.2) is 63.2 Å². The van der Waals surface area contributed by atoms with Crippen molar-refractivity contribution in [3.63, 3.8) is 0 Å². The summed E-state index contributed by atoms with van der Waals surface area (Å²) in [5.41, 5.74) is 1.60. The largest absolute Gasteiger partial charge is 0.494 e. The summed E-state index contributed by atoms with van der Waals surface area (Å²) in [6.07, 6.45) is 2.72. The number of amides is 2. The van der Waals surface area contributed by atoms with E-state index in [9.17, 15) is 18.0 Å². The van der Waals surface area contributed by atoms with Gasteiger partial charge in [0.25, 0.3) is 0 Å². The second kappa shape index (κ2) is 14.6. The first-order valence-electron chi connectivity index (χ1n) is 12.9. The van der Waals surface area contributed by atoms with Gasteiger partial charge in [0.05, 0.1) is 18.6 Å². The minimum Gasteiger partial charge on any atom is -0.494 e. The first-order valence-corrected chi connectivity index (χ1v) is 14.8. The predicted molar refractivity (Wildman–Crippen MR) is 148 cm³/mol. The molecule has 8 nitrogen and oxygen atoms in total. The number of sulfonamides is 1. The highest BCUT2D eigenvalue weighted by atomic mass is 32.2. The van der Waals surface area contributed by atoms with E-state index in [1.165, 1.54) is 4.31 Å². The van der Waals surface area contributed by atoms with Gasteiger partial charge >= 0.3 is 0 Å². The van der Waals surface area contributed by atoms with Crippen LogP contribution in [0.5, 0.6) is 5.75 Å². The van der Waals surface area contributed by atoms with Crippen molar-refractivity contribution in [1.82, 2.24) is 10.2 Å². The van der Waals surface area contributed by atoms with Crippen LogP contribution in [0.3, 0.4) is 0 Å². The van der Waals surface area contributed by atoms with E-state index in [1.54, 1.807) is 29.2 Å². The Labute approximate surface area is 222 Å². The topological polar surface area (TPSA) is 96.0 Å². The number of hydrogen-bond donors (Lipinski definition) is 1. The quantitative estimate of drug-likeness (QED) is 0.375. The minimum absolute atomic E-state index is 0.0370. The van der Waals surface area contributed by atoms with E-state index in [1.807, 2.05) is 58.0 Å². The van der Waals surface area contributed by atoms with E-state index in [-0.39, 0.29) is 30.8 Å². The Morgan fingerprint density at radius 2 is 1.62 bits per heavy atom. The van der Waals surface area contributed by atoms with Crippen molar-refractivity contribution in [2.75, 3.05) is 30.3 Å². The van der Waals surface area contributed by atoms with Crippen molar-refractivity contribution >= 4 is 27.5 Å². The van der Waals surface area contributed by atoms with Crippen LogP contribution in [0.25, 0.3) is 0 Å². The van der Waals surface area contributed by atoms with Gasteiger partial charge in [-0.05, 0) is 69.9 Å². The van der Waals surface area contributed by atoms with Crippen molar-refractivity contribution in [3.8, 4) is 5.75 Å². The SMILES string of the molecule is CCOc1ccc(N(CCCC(=O)N(CCc2ccccc2)[C@@H](CC)C(=O)NC(C)C)S(C)(=O)=O)cc1. The van der Waals surface area contributed by atoms with E-state index in [4.69, 9.17) is 4.74 Å². The zero-order valence-corrected chi connectivity index (χ0v) is 23.5. The summed E-state index contributed by atoms with van der Waals surface area (Å²) in [5, 5.41) is 2.93. The number of rotatable bonds is 15. The smallest absolute Gasteiger partial charge is 0.242 e. The second-order valence-corrected chi connectivity index (χ2v) is 11.2. The van der Waals surface area contributed by atoms with Crippen LogP contribution < -0.4 is 14.4 Å². The van der Waals surface area contributed by atoms with Gasteiger partial charge in [0, 0.05) is 25.6 Å². The summed E-state index contributed by atoms with van der Waals surface area (Å²) < 4.78 is 31.8. The molecule has 0 aliphatic rings. The molecule has 0 spiro atoms. The molecule has 2 rings (SSSR count). The Morgan fingerprint density at radius 3 is 2.16 bits per heavy atom. The van der Waals surface area contributed by atoms with Crippen LogP contribution in [0.4, 0.5) is 5.69 Å². The van der Waals surface area contributed by atoms with Gasteiger partial charge < -0.3 is 15.0 Å². The average Bonchev–Trinajstić information content (AvgIpc) is 2.84. The molecule has 0 aliphatic heterocycles. The molecule has 1 N–H and O–H groups in total. The molecule has 0 unspecified atom stereocenters. The van der Waals surface area contributed by atoms with E-state index >= 15 is 0 Å². The molecule has 37 heavy (non-hydrogen) atoms. The normalized spacial score (nSPS) is 12.2. The van der Waals surface area contributed by atoms with Crippen LogP contribution in [0.15, 0.2) is 54.6 Å². The summed E-state index contributed by atoms with van der Waals surface area (Å²) in [6.45, 7) is 8.63. The number of benzene rings is 2. The van der Waals surface area contributed by atoms with Gasteiger partial charge in [-0.1, -0.05) is 37.3 Å². The first-order chi connectivity index (χ1) is 17.6. The number of carbonyl (C=O) groups excluding carboxylic acids is 2. The van der Waals surface area contributed by atoms with Gasteiger partial charge in [-0.15, -0.1) is 0 Å². The van der Waals surface area contributed by atoms with Gasteiger partial charge in [-0.25, -0.2) is 8.42 Å². The average molecular weight is 532 g/mol. The summed E-state index contributed by atoms with van der Waals surface area (Å²) in [4.78, 5) is 28.0. The van der Waals surface area contributed by atoms with Gasteiger partial charge in [0.2, 0.25) is 21.8 Å². The zero-order valence-electron chi connectivity index (χ0n) is 22.6. The Hall–Kier alpha value is -3.07. The van der Waals surface area contributed by atoms with Gasteiger partial charge in [-0.3, -0.25) is 13.9 Å². The second-order valence-electron chi connectivity index (χ2n) is 9.28. The molecule has 0 aliphatic carbocycles. The summed E-state index contributed by atoms with van der Waals surface area (Å²) >= 11 is 0. The van der Waals surface area contributed by atoms with Crippen molar-refractivity contribution < 1.29 is 22.7 Å². The molecule has 2 amide bonds. The molecule has 1 atom stereocenters. The first kappa shape index (κ1) is 30.2. The molecule has 9 heteroatoms. The lowest BCUT2D eigenvalue weighted by Crippen LogP contribution is -2.51. The molecule has 2 aromatic carbocycles. The summed E-state index contributed by atoms with van der Waals surface area (Å²) in [6, 6.07) is 16.1. The molecular weight excluding hydrogens is 490 g/mol. The fraction of sp³-hybridized carbons (Fsp3) is 0.500. The minimum atomic E-state index is -3.55. The maximum atomic E-state index is 13.4. The number of carbonyl (C=O) groups is 2. The molecule has 0 bridgehead atoms. The van der Waals surface area contributed by atoms with E-state index in [0.717, 1.165) is 11.8 Å². The van der Waals surface area contributed by atoms with Crippen molar-refractivity contribution in [1.29, 1.82) is 0 Å². The third-order valence-corrected chi connectivity index (χ3v) is 7.08. The maximum absolute atomic E-state index is 13.4. The van der Waals surface area contributed by atoms with E-state index in [0.29, 0.717) is 43.9 Å². The lowest BCUT2D eigenvalue weighted by atomic mass is 10.1. The Kier molecular flexibility index (Phi) is 11.9. The molecule has 0 heterocycles. The monoisotopic (exact) mass is 531 g/mol. The van der Waals surface area contributed by atoms with Gasteiger partial charge in [0.15, 0.2) is 0 Å². The zero-order chi connectivity index (χ0) is 27.4. The Bertz CT molecular complexity index is 1090. The molecule has 0 aromatic heterocycles. The summed E-state index contributed by atoms with van der Waals surface area (Å²) in [7, 11) is -3.55. The highest BCUT2D eigenvalue weighted by Crippen LogP contribution is 2.22. The van der Waals surface area contributed by atoms with E-state index < -0.39 is 16.1 Å². The van der Waals surface area contributed by atoms with Gasteiger partial charge in [-0.2, -0.15) is 0 Å². The lowest BCUT2D eigenvalue weighted by Gasteiger charge is -2.31. The molecule has 0 saturated heterocycles. The molecule has 204 valence electrons. The van der Waals surface area contributed by atoms with Crippen molar-refractivity contribution in [2.24, 2.45) is 0 Å². The molecular formula is C28H41N3O5S. The van der Waals surface area contributed by atoms with Gasteiger partial charge in [0.1, 0.15) is 11.8 Å². The molecule has 0 radical (unpaired) electrons. The third kappa shape index (κ3) is 9.72. The fourth-order valence-corrected chi connectivity index (χ4v) is 5.12. The number of nitrogens with one attached hydrogen (secondary N) is 1. The van der Waals surface area contributed by atoms with Crippen LogP contribution in [-0.2, 0) is 26.0 Å². The van der Waals surface area contributed by atoms with E-state index in [2.05, 4.69) is 5.32 Å². The highest BCUT2D eigenvalue weighted by Gasteiger charge is 2.28. The number of ether oxygens (including phenoxy) is 1. The molecule has 0 saturated carbocycles. The summed E-state index contributed by atoms with van der Waals surface area (Å²) in [5.74, 6) is 0.321. The third-order valence-electron chi connectivity index (χ3n) is 5.89. The predicted octanol–water partition coefficient (Wildman–Crippen LogP) is 4.01. The Morgan fingerprint density at radius 1 is 0.973 bits per heavy atom. The number of nitrogens with zero attached hydrogens (tertiary/aromatic N) is 2. The Balaban J connectivity index is 2.14. The van der Waals surface area contributed by atoms with Crippen molar-refractivity contribution in [3.05, 3.63) is 60.2 Å². The van der Waals surface area contributed by atoms with Crippen LogP contribution in [0, 0.1) is 0 Å². The number of hydrogen-bond acceptors (Lipinski definition) is 5. The van der Waals surface area contributed by atoms with Crippen LogP contribution in [0.2, 0.25) is 0 Å². The lowest BCUT2D eigenvalue weighted by molar-refractivity contribution is -0.141. The molecule has 2 aromatic rings. The fourth-order valence-electron chi connectivity index (χ4n) is 4.16. The maximum Gasteiger partial charge on any atom is 0.242 e.